The predicted octanol–water partition coefficient (Wildman–Crippen LogP) is 2.26. The molecule has 0 saturated carbocycles. The highest BCUT2D eigenvalue weighted by atomic mass is 16.5. The maximum atomic E-state index is 5.54. The second-order valence-corrected chi connectivity index (χ2v) is 3.40. The first-order valence-electron chi connectivity index (χ1n) is 3.67. The first kappa shape index (κ1) is 8.05. The zero-order valence-corrected chi connectivity index (χ0v) is 7.16. The molecule has 0 spiro atoms. The van der Waals surface area contributed by atoms with Gasteiger partial charge in [0.2, 0.25) is 0 Å². The van der Waals surface area contributed by atoms with E-state index < -0.39 is 0 Å². The van der Waals surface area contributed by atoms with Crippen LogP contribution in [0.15, 0.2) is 24.5 Å². The highest BCUT2D eigenvalue weighted by Gasteiger charge is 2.10. The summed E-state index contributed by atoms with van der Waals surface area (Å²) in [6.45, 7) is 6.04. The zero-order valence-electron chi connectivity index (χ0n) is 7.16. The van der Waals surface area contributed by atoms with Crippen LogP contribution in [0, 0.1) is 0 Å². The monoisotopic (exact) mass is 151 g/mol. The summed E-state index contributed by atoms with van der Waals surface area (Å²) in [6.07, 6.45) is 3.45. The average molecular weight is 151 g/mol. The van der Waals surface area contributed by atoms with Gasteiger partial charge in [0.25, 0.3) is 0 Å². The van der Waals surface area contributed by atoms with E-state index in [9.17, 15) is 0 Å². The summed E-state index contributed by atoms with van der Waals surface area (Å²) < 4.78 is 5.54. The Balaban J connectivity index is 2.66. The molecule has 0 bridgehead atoms. The Morgan fingerprint density at radius 1 is 1.36 bits per heavy atom. The lowest BCUT2D eigenvalue weighted by Crippen LogP contribution is -2.22. The number of aromatic nitrogens is 1. The van der Waals surface area contributed by atoms with E-state index in [1.165, 1.54) is 0 Å². The molecule has 0 aliphatic heterocycles. The van der Waals surface area contributed by atoms with Crippen molar-refractivity contribution in [1.82, 2.24) is 4.98 Å². The van der Waals surface area contributed by atoms with E-state index >= 15 is 0 Å². The quantitative estimate of drug-likeness (QED) is 0.614. The fourth-order valence-electron chi connectivity index (χ4n) is 0.761. The molecule has 0 radical (unpaired) electrons. The molecule has 1 aromatic rings. The molecule has 1 heterocycles. The molecule has 11 heavy (non-hydrogen) atoms. The third-order valence-corrected chi connectivity index (χ3v) is 1.06. The van der Waals surface area contributed by atoms with E-state index in [1.807, 2.05) is 32.9 Å². The SMILES string of the molecule is CC(C)(C)Oc1cccnc1. The van der Waals surface area contributed by atoms with E-state index in [-0.39, 0.29) is 5.60 Å². The van der Waals surface area contributed by atoms with Gasteiger partial charge >= 0.3 is 0 Å². The largest absolute Gasteiger partial charge is 0.487 e. The standard InChI is InChI=1S/C9H13NO/c1-9(2,3)11-8-5-4-6-10-7-8/h4-7H,1-3H3. The van der Waals surface area contributed by atoms with Gasteiger partial charge in [-0.15, -0.1) is 0 Å². The molecule has 0 aromatic carbocycles. The van der Waals surface area contributed by atoms with Gasteiger partial charge in [-0.2, -0.15) is 0 Å². The van der Waals surface area contributed by atoms with Gasteiger partial charge in [0, 0.05) is 6.20 Å². The molecule has 0 atom stereocenters. The number of hydrogen-bond donors (Lipinski definition) is 0. The van der Waals surface area contributed by atoms with Gasteiger partial charge in [-0.25, -0.2) is 0 Å². The summed E-state index contributed by atoms with van der Waals surface area (Å²) in [5.41, 5.74) is -0.136. The highest BCUT2D eigenvalue weighted by Crippen LogP contribution is 2.15. The topological polar surface area (TPSA) is 22.1 Å². The van der Waals surface area contributed by atoms with Crippen LogP contribution in [-0.2, 0) is 0 Å². The lowest BCUT2D eigenvalue weighted by atomic mass is 10.2. The molecule has 0 amide bonds. The molecule has 0 aliphatic carbocycles. The lowest BCUT2D eigenvalue weighted by molar-refractivity contribution is 0.130. The van der Waals surface area contributed by atoms with E-state index in [2.05, 4.69) is 4.98 Å². The van der Waals surface area contributed by atoms with E-state index in [4.69, 9.17) is 4.74 Å². The van der Waals surface area contributed by atoms with Crippen LogP contribution in [0.2, 0.25) is 0 Å². The first-order chi connectivity index (χ1) is 5.08. The number of ether oxygens (including phenoxy) is 1. The third-order valence-electron chi connectivity index (χ3n) is 1.06. The number of pyridine rings is 1. The van der Waals surface area contributed by atoms with Crippen LogP contribution in [-0.4, -0.2) is 10.6 Å². The van der Waals surface area contributed by atoms with Crippen molar-refractivity contribution in [3.05, 3.63) is 24.5 Å². The minimum atomic E-state index is -0.136. The molecule has 60 valence electrons. The fraction of sp³-hybridized carbons (Fsp3) is 0.444. The molecular weight excluding hydrogens is 138 g/mol. The van der Waals surface area contributed by atoms with Gasteiger partial charge in [-0.3, -0.25) is 4.98 Å². The van der Waals surface area contributed by atoms with Crippen molar-refractivity contribution >= 4 is 0 Å². The predicted molar refractivity (Wildman–Crippen MR) is 44.6 cm³/mol. The minimum Gasteiger partial charge on any atom is -0.487 e. The normalized spacial score (nSPS) is 11.2. The minimum absolute atomic E-state index is 0.136. The summed E-state index contributed by atoms with van der Waals surface area (Å²) in [5, 5.41) is 0. The molecule has 1 rings (SSSR count). The van der Waals surface area contributed by atoms with E-state index in [0.29, 0.717) is 0 Å². The summed E-state index contributed by atoms with van der Waals surface area (Å²) in [4.78, 5) is 3.94. The van der Waals surface area contributed by atoms with Gasteiger partial charge in [0.1, 0.15) is 11.4 Å². The number of nitrogens with zero attached hydrogens (tertiary/aromatic N) is 1. The van der Waals surface area contributed by atoms with Gasteiger partial charge in [-0.1, -0.05) is 0 Å². The molecule has 0 aliphatic rings. The molecule has 0 saturated heterocycles. The van der Waals surface area contributed by atoms with Crippen molar-refractivity contribution in [2.24, 2.45) is 0 Å². The van der Waals surface area contributed by atoms with E-state index in [0.717, 1.165) is 5.75 Å². The average Bonchev–Trinajstić information content (AvgIpc) is 1.85. The van der Waals surface area contributed by atoms with Crippen LogP contribution in [0.25, 0.3) is 0 Å². The third kappa shape index (κ3) is 3.03. The first-order valence-corrected chi connectivity index (χ1v) is 3.67. The van der Waals surface area contributed by atoms with E-state index in [1.54, 1.807) is 12.4 Å². The summed E-state index contributed by atoms with van der Waals surface area (Å²) >= 11 is 0. The molecule has 0 unspecified atom stereocenters. The maximum absolute atomic E-state index is 5.54. The maximum Gasteiger partial charge on any atom is 0.138 e. The number of hydrogen-bond acceptors (Lipinski definition) is 2. The molecule has 1 aromatic heterocycles. The van der Waals surface area contributed by atoms with Crippen LogP contribution in [0.4, 0.5) is 0 Å². The van der Waals surface area contributed by atoms with Crippen molar-refractivity contribution in [3.63, 3.8) is 0 Å². The highest BCUT2D eigenvalue weighted by molar-refractivity contribution is 5.16. The Morgan fingerprint density at radius 2 is 2.09 bits per heavy atom. The van der Waals surface area contributed by atoms with Crippen LogP contribution in [0.1, 0.15) is 20.8 Å². The lowest BCUT2D eigenvalue weighted by Gasteiger charge is -2.20. The van der Waals surface area contributed by atoms with Gasteiger partial charge < -0.3 is 4.74 Å². The zero-order chi connectivity index (χ0) is 8.32. The van der Waals surface area contributed by atoms with Crippen LogP contribution in [0.3, 0.4) is 0 Å². The second-order valence-electron chi connectivity index (χ2n) is 3.40. The van der Waals surface area contributed by atoms with Gasteiger partial charge in [0.15, 0.2) is 0 Å². The fourth-order valence-corrected chi connectivity index (χ4v) is 0.761. The van der Waals surface area contributed by atoms with Crippen LogP contribution >= 0.6 is 0 Å². The Bertz CT molecular complexity index is 213. The summed E-state index contributed by atoms with van der Waals surface area (Å²) in [6, 6.07) is 3.76. The molecule has 2 heteroatoms. The second kappa shape index (κ2) is 2.91. The van der Waals surface area contributed by atoms with Gasteiger partial charge in [0.05, 0.1) is 6.20 Å². The Hall–Kier alpha value is -1.05. The Morgan fingerprint density at radius 3 is 2.55 bits per heavy atom. The Kier molecular flexibility index (Phi) is 2.13. The molecule has 0 fully saturated rings. The Labute approximate surface area is 67.2 Å². The smallest absolute Gasteiger partial charge is 0.138 e. The number of rotatable bonds is 1. The van der Waals surface area contributed by atoms with Crippen molar-refractivity contribution < 1.29 is 4.74 Å². The van der Waals surface area contributed by atoms with Crippen LogP contribution < -0.4 is 4.74 Å². The summed E-state index contributed by atoms with van der Waals surface area (Å²) in [7, 11) is 0. The van der Waals surface area contributed by atoms with Crippen molar-refractivity contribution in [2.45, 2.75) is 26.4 Å². The summed E-state index contributed by atoms with van der Waals surface area (Å²) in [5.74, 6) is 0.819. The van der Waals surface area contributed by atoms with Crippen molar-refractivity contribution in [1.29, 1.82) is 0 Å². The van der Waals surface area contributed by atoms with Crippen molar-refractivity contribution in [2.75, 3.05) is 0 Å². The molecular formula is C9H13NO. The molecule has 2 nitrogen and oxygen atoms in total. The van der Waals surface area contributed by atoms with Crippen molar-refractivity contribution in [3.8, 4) is 5.75 Å². The van der Waals surface area contributed by atoms with Crippen LogP contribution in [0.5, 0.6) is 5.75 Å². The molecule has 0 N–H and O–H groups in total. The van der Waals surface area contributed by atoms with Gasteiger partial charge in [-0.05, 0) is 32.9 Å².